The number of nitrogens with zero attached hydrogens (tertiary/aromatic N) is 2. The highest BCUT2D eigenvalue weighted by atomic mass is 16.3. The van der Waals surface area contributed by atoms with Crippen LogP contribution in [0.25, 0.3) is 16.9 Å². The number of phenols is 1. The lowest BCUT2D eigenvalue weighted by atomic mass is 9.47. The quantitative estimate of drug-likeness (QED) is 0.158. The number of primary amides is 1. The summed E-state index contributed by atoms with van der Waals surface area (Å²) in [5, 5.41) is 44.4. The van der Waals surface area contributed by atoms with Gasteiger partial charge in [-0.3, -0.25) is 29.5 Å². The molecule has 5 rings (SSSR count). The molecule has 44 heavy (non-hydrogen) atoms. The fourth-order valence-electron chi connectivity index (χ4n) is 7.12. The Hall–Kier alpha value is -5.07. The summed E-state index contributed by atoms with van der Waals surface area (Å²) in [6.45, 7) is 0. The van der Waals surface area contributed by atoms with E-state index in [1.54, 1.807) is 36.4 Å². The van der Waals surface area contributed by atoms with E-state index in [2.05, 4.69) is 10.9 Å². The van der Waals surface area contributed by atoms with E-state index < -0.39 is 80.8 Å². The summed E-state index contributed by atoms with van der Waals surface area (Å²) < 4.78 is 0. The van der Waals surface area contributed by atoms with Crippen molar-refractivity contribution in [1.82, 2.24) is 15.8 Å². The predicted molar refractivity (Wildman–Crippen MR) is 156 cm³/mol. The summed E-state index contributed by atoms with van der Waals surface area (Å²) in [7, 11) is 4.42. The smallest absolute Gasteiger partial charge is 0.265 e. The molecule has 1 unspecified atom stereocenters. The Balaban J connectivity index is 1.81. The Morgan fingerprint density at radius 2 is 1.80 bits per heavy atom. The zero-order valence-electron chi connectivity index (χ0n) is 24.1. The normalized spacial score (nSPS) is 27.8. The SMILES string of the molecule is CNNC(=O)c1cccc(-c2ccc(O)c3c2C[C@@]2(N)C[C@@]4(N)C(N(C)C)C(=O)C(C(N)=O)=C(O)[C@@]4(C#N)C(=O)C2=C3O)c1. The van der Waals surface area contributed by atoms with Crippen molar-refractivity contribution in [1.29, 1.82) is 5.26 Å². The van der Waals surface area contributed by atoms with Crippen molar-refractivity contribution in [2.24, 2.45) is 22.6 Å². The van der Waals surface area contributed by atoms with Gasteiger partial charge in [0.2, 0.25) is 0 Å². The van der Waals surface area contributed by atoms with E-state index in [-0.39, 0.29) is 12.0 Å². The highest BCUT2D eigenvalue weighted by Crippen LogP contribution is 2.58. The first-order valence-corrected chi connectivity index (χ1v) is 13.5. The standard InChI is InChI=1S/C30H31N7O7/c1-35-36-27(44)14-6-4-5-13(9-14)15-7-8-17(38)18-16(15)10-28(33)11-30(34)23(37(2)3)22(40)19(26(32)43)24(41)29(30,12-31)25(42)20(28)21(18)39/h4-9,23,35,38-39,41H,10-11,33-34H2,1-3H3,(H2,32,43)(H,36,44)/t23?,28-,29+,30-/m1/s1. The first-order chi connectivity index (χ1) is 20.6. The number of aliphatic hydroxyl groups is 2. The molecule has 2 amide bonds. The van der Waals surface area contributed by atoms with Gasteiger partial charge in [-0.1, -0.05) is 18.2 Å². The van der Waals surface area contributed by atoms with Crippen molar-refractivity contribution in [3.05, 3.63) is 70.0 Å². The molecule has 0 heterocycles. The molecule has 2 aromatic carbocycles. The Morgan fingerprint density at radius 1 is 1.11 bits per heavy atom. The summed E-state index contributed by atoms with van der Waals surface area (Å²) in [6, 6.07) is 9.61. The molecule has 2 aromatic rings. The molecule has 0 saturated heterocycles. The average Bonchev–Trinajstić information content (AvgIpc) is 2.92. The van der Waals surface area contributed by atoms with E-state index in [9.17, 15) is 39.8 Å². The molecular weight excluding hydrogens is 570 g/mol. The molecule has 3 aliphatic rings. The van der Waals surface area contributed by atoms with Gasteiger partial charge in [-0.2, -0.15) is 5.26 Å². The molecule has 0 aromatic heterocycles. The minimum absolute atomic E-state index is 0.149. The number of phenolic OH excluding ortho intramolecular Hbond substituents is 1. The number of hydrazine groups is 1. The van der Waals surface area contributed by atoms with Crippen LogP contribution in [-0.4, -0.2) is 81.9 Å². The third-order valence-corrected chi connectivity index (χ3v) is 8.81. The van der Waals surface area contributed by atoms with Gasteiger partial charge in [-0.25, -0.2) is 5.43 Å². The molecule has 4 atom stereocenters. The minimum atomic E-state index is -2.74. The van der Waals surface area contributed by atoms with Crippen LogP contribution in [0, 0.1) is 16.7 Å². The zero-order valence-corrected chi connectivity index (χ0v) is 24.1. The molecule has 11 N–H and O–H groups in total. The number of rotatable bonds is 5. The Labute approximate surface area is 251 Å². The number of aliphatic hydroxyl groups excluding tert-OH is 2. The molecule has 0 aliphatic heterocycles. The molecule has 1 fully saturated rings. The fraction of sp³-hybridized carbons (Fsp3) is 0.300. The van der Waals surface area contributed by atoms with E-state index in [0.29, 0.717) is 22.3 Å². The lowest BCUT2D eigenvalue weighted by Gasteiger charge is -2.58. The number of hydrogen-bond acceptors (Lipinski definition) is 12. The molecule has 3 aliphatic carbocycles. The number of ketones is 2. The van der Waals surface area contributed by atoms with Crippen LogP contribution in [-0.2, 0) is 20.8 Å². The molecule has 1 saturated carbocycles. The number of carbonyl (C=O) groups is 4. The number of benzene rings is 2. The Kier molecular flexibility index (Phi) is 6.91. The second-order valence-corrected chi connectivity index (χ2v) is 11.6. The van der Waals surface area contributed by atoms with Crippen LogP contribution in [0.4, 0.5) is 0 Å². The number of amides is 2. The van der Waals surface area contributed by atoms with Gasteiger partial charge in [0, 0.05) is 12.6 Å². The highest BCUT2D eigenvalue weighted by Gasteiger charge is 2.74. The third kappa shape index (κ3) is 3.81. The van der Waals surface area contributed by atoms with Crippen LogP contribution in [0.1, 0.15) is 27.9 Å². The van der Waals surface area contributed by atoms with Crippen molar-refractivity contribution in [2.75, 3.05) is 21.1 Å². The molecule has 0 radical (unpaired) electrons. The summed E-state index contributed by atoms with van der Waals surface area (Å²) in [5.74, 6) is -6.40. The fourth-order valence-corrected chi connectivity index (χ4v) is 7.12. The van der Waals surface area contributed by atoms with Gasteiger partial charge in [-0.15, -0.1) is 0 Å². The Morgan fingerprint density at radius 3 is 2.39 bits per heavy atom. The largest absolute Gasteiger partial charge is 0.509 e. The number of carbonyl (C=O) groups excluding carboxylic acids is 4. The number of Topliss-reactive ketones (excluding diaryl/α,β-unsaturated/α-hetero) is 2. The molecule has 228 valence electrons. The van der Waals surface area contributed by atoms with Crippen LogP contribution in [0.5, 0.6) is 5.75 Å². The van der Waals surface area contributed by atoms with Gasteiger partial charge in [0.25, 0.3) is 11.8 Å². The number of likely N-dealkylation sites (N-methyl/N-ethyl adjacent to an activating group) is 1. The highest BCUT2D eigenvalue weighted by molar-refractivity contribution is 6.25. The van der Waals surface area contributed by atoms with E-state index in [1.165, 1.54) is 32.1 Å². The molecule has 0 spiro atoms. The van der Waals surface area contributed by atoms with Crippen molar-refractivity contribution in [3.63, 3.8) is 0 Å². The van der Waals surface area contributed by atoms with E-state index >= 15 is 0 Å². The van der Waals surface area contributed by atoms with E-state index in [4.69, 9.17) is 17.2 Å². The summed E-state index contributed by atoms with van der Waals surface area (Å²) >= 11 is 0. The van der Waals surface area contributed by atoms with Crippen molar-refractivity contribution in [3.8, 4) is 22.9 Å². The topological polar surface area (TPSA) is 258 Å². The van der Waals surface area contributed by atoms with Gasteiger partial charge in [0.15, 0.2) is 17.0 Å². The number of nitrogens with two attached hydrogens (primary N) is 3. The number of aromatic hydroxyl groups is 1. The maximum Gasteiger partial charge on any atom is 0.265 e. The second-order valence-electron chi connectivity index (χ2n) is 11.6. The summed E-state index contributed by atoms with van der Waals surface area (Å²) in [4.78, 5) is 54.2. The van der Waals surface area contributed by atoms with Crippen molar-refractivity contribution >= 4 is 29.1 Å². The maximum atomic E-state index is 14.5. The summed E-state index contributed by atoms with van der Waals surface area (Å²) in [5.41, 5.74) is 17.5. The first-order valence-electron chi connectivity index (χ1n) is 13.5. The minimum Gasteiger partial charge on any atom is -0.509 e. The van der Waals surface area contributed by atoms with Crippen LogP contribution < -0.4 is 28.1 Å². The van der Waals surface area contributed by atoms with Crippen LogP contribution in [0.15, 0.2) is 53.3 Å². The van der Waals surface area contributed by atoms with Crippen LogP contribution in [0.3, 0.4) is 0 Å². The average molecular weight is 602 g/mol. The van der Waals surface area contributed by atoms with Gasteiger partial charge in [0.05, 0.1) is 34.3 Å². The molecule has 14 nitrogen and oxygen atoms in total. The van der Waals surface area contributed by atoms with Gasteiger partial charge < -0.3 is 32.5 Å². The number of fused-ring (bicyclic) bond motifs is 3. The second kappa shape index (κ2) is 10.00. The molecular formula is C30H31N7O7. The van der Waals surface area contributed by atoms with Gasteiger partial charge in [-0.05, 0) is 61.8 Å². The predicted octanol–water partition coefficient (Wildman–Crippen LogP) is -0.563. The summed E-state index contributed by atoms with van der Waals surface area (Å²) in [6.07, 6.45) is -0.714. The van der Waals surface area contributed by atoms with E-state index in [1.807, 2.05) is 0 Å². The van der Waals surface area contributed by atoms with Crippen molar-refractivity contribution in [2.45, 2.75) is 30.0 Å². The lowest BCUT2D eigenvalue weighted by molar-refractivity contribution is -0.139. The molecule has 14 heteroatoms. The molecule has 0 bridgehead atoms. The number of nitriles is 1. The van der Waals surface area contributed by atoms with Crippen molar-refractivity contribution < 1.29 is 34.5 Å². The lowest BCUT2D eigenvalue weighted by Crippen LogP contribution is -2.80. The number of hydrogen-bond donors (Lipinski definition) is 8. The van der Waals surface area contributed by atoms with E-state index in [0.717, 1.165) is 0 Å². The number of nitrogens with one attached hydrogen (secondary N) is 2. The Bertz CT molecular complexity index is 1790. The van der Waals surface area contributed by atoms with Crippen LogP contribution >= 0.6 is 0 Å². The van der Waals surface area contributed by atoms with Gasteiger partial charge in [0.1, 0.15) is 22.8 Å². The van der Waals surface area contributed by atoms with Gasteiger partial charge >= 0.3 is 0 Å². The first kappa shape index (κ1) is 30.4. The van der Waals surface area contributed by atoms with Crippen LogP contribution in [0.2, 0.25) is 0 Å². The maximum absolute atomic E-state index is 14.5. The third-order valence-electron chi connectivity index (χ3n) is 8.81. The monoisotopic (exact) mass is 601 g/mol. The zero-order chi connectivity index (χ0) is 32.5.